The van der Waals surface area contributed by atoms with Gasteiger partial charge < -0.3 is 9.84 Å². The van der Waals surface area contributed by atoms with E-state index in [4.69, 9.17) is 4.74 Å². The van der Waals surface area contributed by atoms with Gasteiger partial charge in [-0.1, -0.05) is 13.0 Å². The predicted molar refractivity (Wildman–Crippen MR) is 80.0 cm³/mol. The minimum atomic E-state index is -0.382. The monoisotopic (exact) mass is 275 g/mol. The summed E-state index contributed by atoms with van der Waals surface area (Å²) in [5, 5.41) is 10.7. The van der Waals surface area contributed by atoms with E-state index in [0.717, 1.165) is 24.3 Å². The number of hydrogen-bond acceptors (Lipinski definition) is 3. The Morgan fingerprint density at radius 3 is 2.85 bits per heavy atom. The first kappa shape index (κ1) is 13.9. The van der Waals surface area contributed by atoms with Crippen LogP contribution in [0, 0.1) is 5.92 Å². The summed E-state index contributed by atoms with van der Waals surface area (Å²) in [6.07, 6.45) is 3.13. The maximum atomic E-state index is 10.7. The van der Waals surface area contributed by atoms with Gasteiger partial charge in [0.05, 0.1) is 13.2 Å². The number of rotatable bonds is 2. The first-order valence-corrected chi connectivity index (χ1v) is 7.72. The van der Waals surface area contributed by atoms with E-state index in [-0.39, 0.29) is 12.1 Å². The molecule has 3 heteroatoms. The Bertz CT molecular complexity index is 488. The number of likely N-dealkylation sites (tertiary alicyclic amines) is 1. The minimum Gasteiger partial charge on any atom is -0.497 e. The standard InChI is InChI=1S/C17H25NO2/c1-11-5-4-8-18(12(11)2)16-9-13-6-7-14(20-3)10-15(13)17(16)19/h6-7,10-12,16-17,19H,4-5,8-9H2,1-3H3. The van der Waals surface area contributed by atoms with Crippen LogP contribution in [-0.2, 0) is 6.42 Å². The van der Waals surface area contributed by atoms with Gasteiger partial charge in [0, 0.05) is 12.1 Å². The summed E-state index contributed by atoms with van der Waals surface area (Å²) in [4.78, 5) is 2.52. The molecule has 3 rings (SSSR count). The van der Waals surface area contributed by atoms with Crippen molar-refractivity contribution < 1.29 is 9.84 Å². The highest BCUT2D eigenvalue weighted by Crippen LogP contribution is 2.39. The molecule has 1 heterocycles. The van der Waals surface area contributed by atoms with Crippen LogP contribution < -0.4 is 4.74 Å². The Kier molecular flexibility index (Phi) is 3.74. The highest BCUT2D eigenvalue weighted by Gasteiger charge is 2.39. The summed E-state index contributed by atoms with van der Waals surface area (Å²) in [5.41, 5.74) is 2.33. The van der Waals surface area contributed by atoms with Crippen LogP contribution in [0.2, 0.25) is 0 Å². The average Bonchev–Trinajstić information content (AvgIpc) is 2.78. The normalized spacial score (nSPS) is 34.0. The van der Waals surface area contributed by atoms with Crippen LogP contribution in [0.25, 0.3) is 0 Å². The molecule has 1 aliphatic carbocycles. The maximum Gasteiger partial charge on any atom is 0.119 e. The van der Waals surface area contributed by atoms with Gasteiger partial charge in [0.2, 0.25) is 0 Å². The second-order valence-corrected chi connectivity index (χ2v) is 6.38. The zero-order valence-corrected chi connectivity index (χ0v) is 12.7. The lowest BCUT2D eigenvalue weighted by molar-refractivity contribution is 0.00371. The van der Waals surface area contributed by atoms with Crippen LogP contribution in [0.4, 0.5) is 0 Å². The Labute approximate surface area is 121 Å². The van der Waals surface area contributed by atoms with Crippen LogP contribution in [-0.4, -0.2) is 35.7 Å². The molecule has 110 valence electrons. The van der Waals surface area contributed by atoms with E-state index in [0.29, 0.717) is 12.0 Å². The van der Waals surface area contributed by atoms with Crippen molar-refractivity contribution in [3.8, 4) is 5.75 Å². The lowest BCUT2D eigenvalue weighted by Gasteiger charge is -2.42. The molecule has 0 bridgehead atoms. The molecule has 0 amide bonds. The van der Waals surface area contributed by atoms with Crippen LogP contribution in [0.3, 0.4) is 0 Å². The molecule has 0 aromatic heterocycles. The third-order valence-electron chi connectivity index (χ3n) is 5.31. The Morgan fingerprint density at radius 2 is 2.10 bits per heavy atom. The summed E-state index contributed by atoms with van der Waals surface area (Å²) >= 11 is 0. The number of aliphatic hydroxyl groups excluding tert-OH is 1. The number of piperidine rings is 1. The molecule has 3 nitrogen and oxygen atoms in total. The van der Waals surface area contributed by atoms with Crippen molar-refractivity contribution >= 4 is 0 Å². The molecule has 0 spiro atoms. The average molecular weight is 275 g/mol. The summed E-state index contributed by atoms with van der Waals surface area (Å²) < 4.78 is 5.28. The van der Waals surface area contributed by atoms with E-state index >= 15 is 0 Å². The first-order chi connectivity index (χ1) is 9.61. The minimum absolute atomic E-state index is 0.231. The second kappa shape index (κ2) is 5.38. The van der Waals surface area contributed by atoms with Gasteiger partial charge in [-0.2, -0.15) is 0 Å². The van der Waals surface area contributed by atoms with E-state index in [1.165, 1.54) is 18.4 Å². The lowest BCUT2D eigenvalue weighted by atomic mass is 9.90. The van der Waals surface area contributed by atoms with E-state index in [1.54, 1.807) is 7.11 Å². The number of methoxy groups -OCH3 is 1. The Balaban J connectivity index is 1.84. The summed E-state index contributed by atoms with van der Waals surface area (Å²) in [7, 11) is 1.68. The second-order valence-electron chi connectivity index (χ2n) is 6.38. The van der Waals surface area contributed by atoms with Crippen LogP contribution in [0.1, 0.15) is 43.9 Å². The molecule has 0 saturated carbocycles. The molecule has 1 N–H and O–H groups in total. The summed E-state index contributed by atoms with van der Waals surface area (Å²) in [6, 6.07) is 6.89. The van der Waals surface area contributed by atoms with Gasteiger partial charge in [-0.05, 0) is 61.9 Å². The number of aliphatic hydroxyl groups is 1. The molecule has 1 aromatic carbocycles. The fraction of sp³-hybridized carbons (Fsp3) is 0.647. The summed E-state index contributed by atoms with van der Waals surface area (Å²) in [6.45, 7) is 5.74. The van der Waals surface area contributed by atoms with Crippen LogP contribution in [0.15, 0.2) is 18.2 Å². The van der Waals surface area contributed by atoms with E-state index in [1.807, 2.05) is 12.1 Å². The highest BCUT2D eigenvalue weighted by molar-refractivity contribution is 5.42. The van der Waals surface area contributed by atoms with Crippen LogP contribution in [0.5, 0.6) is 5.75 Å². The van der Waals surface area contributed by atoms with Crippen molar-refractivity contribution in [2.24, 2.45) is 5.92 Å². The molecule has 2 aliphatic rings. The van der Waals surface area contributed by atoms with Gasteiger partial charge in [0.1, 0.15) is 5.75 Å². The molecule has 1 aliphatic heterocycles. The van der Waals surface area contributed by atoms with Gasteiger partial charge in [0.25, 0.3) is 0 Å². The summed E-state index contributed by atoms with van der Waals surface area (Å²) in [5.74, 6) is 1.55. The van der Waals surface area contributed by atoms with Crippen LogP contribution >= 0.6 is 0 Å². The zero-order valence-electron chi connectivity index (χ0n) is 12.7. The van der Waals surface area contributed by atoms with E-state index < -0.39 is 0 Å². The van der Waals surface area contributed by atoms with Gasteiger partial charge in [-0.25, -0.2) is 0 Å². The first-order valence-electron chi connectivity index (χ1n) is 7.72. The smallest absolute Gasteiger partial charge is 0.119 e. The lowest BCUT2D eigenvalue weighted by Crippen LogP contribution is -2.49. The van der Waals surface area contributed by atoms with Gasteiger partial charge in [-0.15, -0.1) is 0 Å². The Morgan fingerprint density at radius 1 is 1.30 bits per heavy atom. The number of fused-ring (bicyclic) bond motifs is 1. The molecule has 1 aromatic rings. The molecule has 4 atom stereocenters. The molecular weight excluding hydrogens is 250 g/mol. The van der Waals surface area contributed by atoms with Crippen molar-refractivity contribution in [1.29, 1.82) is 0 Å². The molecule has 1 fully saturated rings. The van der Waals surface area contributed by atoms with Crippen molar-refractivity contribution in [1.82, 2.24) is 4.90 Å². The van der Waals surface area contributed by atoms with Gasteiger partial charge in [-0.3, -0.25) is 4.90 Å². The van der Waals surface area contributed by atoms with Crippen molar-refractivity contribution in [3.63, 3.8) is 0 Å². The number of hydrogen-bond donors (Lipinski definition) is 1. The molecule has 20 heavy (non-hydrogen) atoms. The number of benzene rings is 1. The molecule has 4 unspecified atom stereocenters. The number of ether oxygens (including phenoxy) is 1. The number of nitrogens with zero attached hydrogens (tertiary/aromatic N) is 1. The Hall–Kier alpha value is -1.06. The van der Waals surface area contributed by atoms with Gasteiger partial charge >= 0.3 is 0 Å². The topological polar surface area (TPSA) is 32.7 Å². The third kappa shape index (κ3) is 2.23. The van der Waals surface area contributed by atoms with Crippen molar-refractivity contribution in [2.75, 3.05) is 13.7 Å². The maximum absolute atomic E-state index is 10.7. The van der Waals surface area contributed by atoms with E-state index in [2.05, 4.69) is 24.8 Å². The third-order valence-corrected chi connectivity index (χ3v) is 5.31. The fourth-order valence-corrected chi connectivity index (χ4v) is 3.84. The van der Waals surface area contributed by atoms with Gasteiger partial charge in [0.15, 0.2) is 0 Å². The van der Waals surface area contributed by atoms with Crippen molar-refractivity contribution in [2.45, 2.75) is 51.3 Å². The van der Waals surface area contributed by atoms with E-state index in [9.17, 15) is 5.11 Å². The molecular formula is C17H25NO2. The largest absolute Gasteiger partial charge is 0.497 e. The SMILES string of the molecule is COc1ccc2c(c1)C(O)C(N1CCCC(C)C1C)C2. The quantitative estimate of drug-likeness (QED) is 0.901. The van der Waals surface area contributed by atoms with Crippen molar-refractivity contribution in [3.05, 3.63) is 29.3 Å². The molecule has 0 radical (unpaired) electrons. The predicted octanol–water partition coefficient (Wildman–Crippen LogP) is 2.77. The highest BCUT2D eigenvalue weighted by atomic mass is 16.5. The fourth-order valence-electron chi connectivity index (χ4n) is 3.84. The zero-order chi connectivity index (χ0) is 14.3. The molecule has 1 saturated heterocycles.